The highest BCUT2D eigenvalue weighted by Crippen LogP contribution is 2.26. The summed E-state index contributed by atoms with van der Waals surface area (Å²) in [7, 11) is 0. The first-order chi connectivity index (χ1) is 10.8. The molecule has 3 rings (SSSR count). The van der Waals surface area contributed by atoms with Gasteiger partial charge < -0.3 is 9.73 Å². The first kappa shape index (κ1) is 14.8. The Morgan fingerprint density at radius 1 is 1.27 bits per heavy atom. The van der Waals surface area contributed by atoms with Crippen LogP contribution in [0.4, 0.5) is 0 Å². The predicted molar refractivity (Wildman–Crippen MR) is 87.5 cm³/mol. The largest absolute Gasteiger partial charge is 0.465 e. The standard InChI is InChI=1S/C19H21NO2/c21-16(11-12-17-6-4-14-22-17)10-9-15-5-1-2-7-18(15)19-8-3-13-20-19/h1-2,4-7,11-12,14,19-20H,3,8-10,13H2. The van der Waals surface area contributed by atoms with Gasteiger partial charge in [0.05, 0.1) is 6.26 Å². The molecule has 1 atom stereocenters. The zero-order valence-corrected chi connectivity index (χ0v) is 12.6. The van der Waals surface area contributed by atoms with Crippen molar-refractivity contribution in [3.63, 3.8) is 0 Å². The summed E-state index contributed by atoms with van der Waals surface area (Å²) in [6.07, 6.45) is 8.67. The van der Waals surface area contributed by atoms with E-state index < -0.39 is 0 Å². The van der Waals surface area contributed by atoms with Gasteiger partial charge in [-0.25, -0.2) is 0 Å². The number of aryl methyl sites for hydroxylation is 1. The summed E-state index contributed by atoms with van der Waals surface area (Å²) in [5.41, 5.74) is 2.63. The number of allylic oxidation sites excluding steroid dienone is 1. The van der Waals surface area contributed by atoms with Gasteiger partial charge >= 0.3 is 0 Å². The fourth-order valence-electron chi connectivity index (χ4n) is 2.95. The van der Waals surface area contributed by atoms with Crippen molar-refractivity contribution in [1.82, 2.24) is 5.32 Å². The maximum atomic E-state index is 12.0. The van der Waals surface area contributed by atoms with Crippen LogP contribution < -0.4 is 5.32 Å². The van der Waals surface area contributed by atoms with E-state index >= 15 is 0 Å². The van der Waals surface area contributed by atoms with Crippen LogP contribution in [0.2, 0.25) is 0 Å². The minimum absolute atomic E-state index is 0.130. The van der Waals surface area contributed by atoms with E-state index in [1.54, 1.807) is 18.4 Å². The summed E-state index contributed by atoms with van der Waals surface area (Å²) < 4.78 is 5.19. The number of rotatable bonds is 6. The SMILES string of the molecule is O=C(C=Cc1ccco1)CCc1ccccc1C1CCCN1. The molecular formula is C19H21NO2. The van der Waals surface area contributed by atoms with E-state index in [0.717, 1.165) is 13.0 Å². The lowest BCUT2D eigenvalue weighted by molar-refractivity contribution is -0.114. The zero-order chi connectivity index (χ0) is 15.2. The smallest absolute Gasteiger partial charge is 0.156 e. The topological polar surface area (TPSA) is 42.2 Å². The lowest BCUT2D eigenvalue weighted by Crippen LogP contribution is -2.15. The van der Waals surface area contributed by atoms with Gasteiger partial charge in [0.2, 0.25) is 0 Å². The van der Waals surface area contributed by atoms with E-state index in [9.17, 15) is 4.79 Å². The molecule has 1 saturated heterocycles. The second-order valence-corrected chi connectivity index (χ2v) is 5.66. The number of ketones is 1. The summed E-state index contributed by atoms with van der Waals surface area (Å²) in [6.45, 7) is 1.09. The molecule has 0 radical (unpaired) electrons. The summed E-state index contributed by atoms with van der Waals surface area (Å²) in [4.78, 5) is 12.0. The highest BCUT2D eigenvalue weighted by Gasteiger charge is 2.18. The Morgan fingerprint density at radius 2 is 2.18 bits per heavy atom. The van der Waals surface area contributed by atoms with Gasteiger partial charge in [-0.3, -0.25) is 4.79 Å². The van der Waals surface area contributed by atoms with E-state index in [1.807, 2.05) is 12.1 Å². The Balaban J connectivity index is 1.60. The van der Waals surface area contributed by atoms with E-state index in [0.29, 0.717) is 18.2 Å². The molecule has 1 unspecified atom stereocenters. The number of carbonyl (C=O) groups is 1. The van der Waals surface area contributed by atoms with Gasteiger partial charge in [0.1, 0.15) is 5.76 Å². The third-order valence-corrected chi connectivity index (χ3v) is 4.11. The molecule has 0 saturated carbocycles. The summed E-state index contributed by atoms with van der Waals surface area (Å²) in [6, 6.07) is 12.6. The number of furan rings is 1. The fraction of sp³-hybridized carbons (Fsp3) is 0.316. The molecule has 0 amide bonds. The van der Waals surface area contributed by atoms with Gasteiger partial charge in [0.15, 0.2) is 5.78 Å². The quantitative estimate of drug-likeness (QED) is 0.821. The minimum Gasteiger partial charge on any atom is -0.465 e. The number of hydrogen-bond donors (Lipinski definition) is 1. The molecule has 2 aromatic rings. The number of hydrogen-bond acceptors (Lipinski definition) is 3. The summed E-state index contributed by atoms with van der Waals surface area (Å²) in [5, 5.41) is 3.53. The van der Waals surface area contributed by atoms with Crippen molar-refractivity contribution in [2.24, 2.45) is 0 Å². The lowest BCUT2D eigenvalue weighted by atomic mass is 9.95. The lowest BCUT2D eigenvalue weighted by Gasteiger charge is -2.15. The Hall–Kier alpha value is -2.13. The third-order valence-electron chi connectivity index (χ3n) is 4.11. The third kappa shape index (κ3) is 3.74. The van der Waals surface area contributed by atoms with Crippen LogP contribution in [0, 0.1) is 0 Å². The van der Waals surface area contributed by atoms with E-state index in [-0.39, 0.29) is 5.78 Å². The molecule has 1 N–H and O–H groups in total. The Bertz CT molecular complexity index is 637. The summed E-state index contributed by atoms with van der Waals surface area (Å²) >= 11 is 0. The van der Waals surface area contributed by atoms with Gasteiger partial charge in [-0.05, 0) is 61.2 Å². The molecule has 1 aromatic heterocycles. The monoisotopic (exact) mass is 295 g/mol. The van der Waals surface area contributed by atoms with Crippen molar-refractivity contribution in [3.05, 3.63) is 65.6 Å². The van der Waals surface area contributed by atoms with Crippen LogP contribution in [0.25, 0.3) is 6.08 Å². The molecule has 22 heavy (non-hydrogen) atoms. The molecular weight excluding hydrogens is 274 g/mol. The van der Waals surface area contributed by atoms with Crippen molar-refractivity contribution in [2.45, 2.75) is 31.7 Å². The van der Waals surface area contributed by atoms with Crippen LogP contribution in [-0.2, 0) is 11.2 Å². The fourth-order valence-corrected chi connectivity index (χ4v) is 2.95. The molecule has 2 heterocycles. The first-order valence-corrected chi connectivity index (χ1v) is 7.88. The molecule has 1 aromatic carbocycles. The van der Waals surface area contributed by atoms with Gasteiger partial charge in [0.25, 0.3) is 0 Å². The Morgan fingerprint density at radius 3 is 2.95 bits per heavy atom. The van der Waals surface area contributed by atoms with Crippen molar-refractivity contribution < 1.29 is 9.21 Å². The van der Waals surface area contributed by atoms with Crippen molar-refractivity contribution in [3.8, 4) is 0 Å². The zero-order valence-electron chi connectivity index (χ0n) is 12.6. The second kappa shape index (κ2) is 7.23. The summed E-state index contributed by atoms with van der Waals surface area (Å²) in [5.74, 6) is 0.842. The van der Waals surface area contributed by atoms with Gasteiger partial charge in [-0.1, -0.05) is 24.3 Å². The van der Waals surface area contributed by atoms with Gasteiger partial charge in [-0.15, -0.1) is 0 Å². The predicted octanol–water partition coefficient (Wildman–Crippen LogP) is 3.92. The molecule has 0 aliphatic carbocycles. The first-order valence-electron chi connectivity index (χ1n) is 7.88. The number of nitrogens with one attached hydrogen (secondary N) is 1. The highest BCUT2D eigenvalue weighted by molar-refractivity contribution is 5.93. The minimum atomic E-state index is 0.130. The van der Waals surface area contributed by atoms with Crippen LogP contribution in [0.3, 0.4) is 0 Å². The molecule has 3 heteroatoms. The maximum Gasteiger partial charge on any atom is 0.156 e. The molecule has 0 spiro atoms. The van der Waals surface area contributed by atoms with Crippen LogP contribution in [-0.4, -0.2) is 12.3 Å². The highest BCUT2D eigenvalue weighted by atomic mass is 16.3. The average molecular weight is 295 g/mol. The normalized spacial score (nSPS) is 18.1. The van der Waals surface area contributed by atoms with E-state index in [1.165, 1.54) is 24.0 Å². The van der Waals surface area contributed by atoms with Gasteiger partial charge in [0, 0.05) is 12.5 Å². The molecule has 114 valence electrons. The van der Waals surface area contributed by atoms with Crippen molar-refractivity contribution in [1.29, 1.82) is 0 Å². The van der Waals surface area contributed by atoms with E-state index in [4.69, 9.17) is 4.42 Å². The van der Waals surface area contributed by atoms with E-state index in [2.05, 4.69) is 29.6 Å². The molecule has 1 aliphatic rings. The van der Waals surface area contributed by atoms with Crippen LogP contribution >= 0.6 is 0 Å². The number of carbonyl (C=O) groups excluding carboxylic acids is 1. The molecule has 0 bridgehead atoms. The van der Waals surface area contributed by atoms with Crippen molar-refractivity contribution >= 4 is 11.9 Å². The molecule has 3 nitrogen and oxygen atoms in total. The number of benzene rings is 1. The Labute approximate surface area is 131 Å². The molecule has 1 aliphatic heterocycles. The van der Waals surface area contributed by atoms with Gasteiger partial charge in [-0.2, -0.15) is 0 Å². The maximum absolute atomic E-state index is 12.0. The van der Waals surface area contributed by atoms with Crippen LogP contribution in [0.5, 0.6) is 0 Å². The molecule has 1 fully saturated rings. The van der Waals surface area contributed by atoms with Crippen LogP contribution in [0.15, 0.2) is 53.2 Å². The second-order valence-electron chi connectivity index (χ2n) is 5.66. The average Bonchev–Trinajstić information content (AvgIpc) is 3.24. The Kier molecular flexibility index (Phi) is 4.86. The van der Waals surface area contributed by atoms with Crippen LogP contribution in [0.1, 0.15) is 42.2 Å². The van der Waals surface area contributed by atoms with Crippen molar-refractivity contribution in [2.75, 3.05) is 6.54 Å².